The Balaban J connectivity index is 1.42. The molecule has 1 aliphatic carbocycles. The Kier molecular flexibility index (Phi) is 6.23. The second kappa shape index (κ2) is 9.42. The van der Waals surface area contributed by atoms with E-state index in [0.29, 0.717) is 24.0 Å². The lowest BCUT2D eigenvalue weighted by Gasteiger charge is -2.41. The van der Waals surface area contributed by atoms with Gasteiger partial charge in [-0.05, 0) is 47.0 Å². The summed E-state index contributed by atoms with van der Waals surface area (Å²) in [7, 11) is 0. The second-order valence-corrected chi connectivity index (χ2v) is 8.76. The average Bonchev–Trinajstić information content (AvgIpc) is 3.50. The molecule has 2 fully saturated rings. The normalized spacial score (nSPS) is 19.4. The first-order valence-electron chi connectivity index (χ1n) is 11.4. The van der Waals surface area contributed by atoms with Gasteiger partial charge in [0.1, 0.15) is 17.7 Å². The average molecular weight is 439 g/mol. The van der Waals surface area contributed by atoms with Crippen LogP contribution in [-0.2, 0) is 6.54 Å². The topological polar surface area (TPSA) is 50.1 Å². The van der Waals surface area contributed by atoms with Crippen molar-refractivity contribution in [3.63, 3.8) is 0 Å². The van der Waals surface area contributed by atoms with Crippen LogP contribution < -0.4 is 0 Å². The highest BCUT2D eigenvalue weighted by molar-refractivity contribution is 5.27. The van der Waals surface area contributed by atoms with Gasteiger partial charge in [0, 0.05) is 37.8 Å². The fraction of sp³-hybridized carbons (Fsp3) is 0.458. The van der Waals surface area contributed by atoms with E-state index in [4.69, 9.17) is 0 Å². The van der Waals surface area contributed by atoms with Gasteiger partial charge in [-0.1, -0.05) is 43.2 Å². The minimum absolute atomic E-state index is 0.257. The maximum atomic E-state index is 15.0. The SMILES string of the molecule is Fc1ccc(Cn2nnnc2[C@H](c2ccccc2F)N2CCN(C3CCCC3)CC2)cc1. The Morgan fingerprint density at radius 3 is 2.34 bits per heavy atom. The molecule has 0 spiro atoms. The quantitative estimate of drug-likeness (QED) is 0.588. The largest absolute Gasteiger partial charge is 0.298 e. The predicted octanol–water partition coefficient (Wildman–Crippen LogP) is 3.65. The Bertz CT molecular complexity index is 1020. The van der Waals surface area contributed by atoms with Gasteiger partial charge in [0.25, 0.3) is 0 Å². The standard InChI is InChI=1S/C24H28F2N6/c25-19-11-9-18(10-12-19)17-32-24(27-28-29-32)23(21-7-3-4-8-22(21)26)31-15-13-30(14-16-31)20-5-1-2-6-20/h3-4,7-12,20,23H,1-2,5-6,13-17H2/t23-/m0/s1. The van der Waals surface area contributed by atoms with E-state index in [2.05, 4.69) is 25.3 Å². The number of halogens is 2. The smallest absolute Gasteiger partial charge is 0.173 e. The minimum Gasteiger partial charge on any atom is -0.298 e. The minimum atomic E-state index is -0.377. The van der Waals surface area contributed by atoms with E-state index in [1.807, 2.05) is 12.1 Å². The lowest BCUT2D eigenvalue weighted by atomic mass is 10.0. The molecule has 2 aromatic carbocycles. The second-order valence-electron chi connectivity index (χ2n) is 8.76. The van der Waals surface area contributed by atoms with Gasteiger partial charge in [0.05, 0.1) is 6.54 Å². The Morgan fingerprint density at radius 2 is 1.62 bits per heavy atom. The van der Waals surface area contributed by atoms with Crippen LogP contribution in [0.1, 0.15) is 48.7 Å². The van der Waals surface area contributed by atoms with E-state index in [1.165, 1.54) is 43.9 Å². The molecule has 1 aliphatic heterocycles. The van der Waals surface area contributed by atoms with Crippen LogP contribution in [0.15, 0.2) is 48.5 Å². The Hall–Kier alpha value is -2.71. The molecule has 0 bridgehead atoms. The summed E-state index contributed by atoms with van der Waals surface area (Å²) in [5, 5.41) is 12.4. The van der Waals surface area contributed by atoms with Crippen LogP contribution >= 0.6 is 0 Å². The maximum absolute atomic E-state index is 15.0. The van der Waals surface area contributed by atoms with Gasteiger partial charge >= 0.3 is 0 Å². The number of rotatable bonds is 6. The van der Waals surface area contributed by atoms with E-state index in [9.17, 15) is 8.78 Å². The molecule has 8 heteroatoms. The molecule has 3 aromatic rings. The van der Waals surface area contributed by atoms with Crippen molar-refractivity contribution in [2.24, 2.45) is 0 Å². The molecule has 0 N–H and O–H groups in total. The monoisotopic (exact) mass is 438 g/mol. The highest BCUT2D eigenvalue weighted by Gasteiger charge is 2.34. The van der Waals surface area contributed by atoms with Gasteiger partial charge in [-0.15, -0.1) is 5.10 Å². The predicted molar refractivity (Wildman–Crippen MR) is 117 cm³/mol. The van der Waals surface area contributed by atoms with Crippen molar-refractivity contribution in [2.75, 3.05) is 26.2 Å². The summed E-state index contributed by atoms with van der Waals surface area (Å²) >= 11 is 0. The van der Waals surface area contributed by atoms with Crippen LogP contribution in [0.2, 0.25) is 0 Å². The fourth-order valence-corrected chi connectivity index (χ4v) is 5.11. The Morgan fingerprint density at radius 1 is 0.906 bits per heavy atom. The van der Waals surface area contributed by atoms with Crippen molar-refractivity contribution in [1.82, 2.24) is 30.0 Å². The molecule has 1 atom stereocenters. The lowest BCUT2D eigenvalue weighted by molar-refractivity contribution is 0.0762. The first-order valence-corrected chi connectivity index (χ1v) is 11.4. The molecule has 0 radical (unpaired) electrons. The third-order valence-corrected chi connectivity index (χ3v) is 6.80. The Labute approximate surface area is 186 Å². The van der Waals surface area contributed by atoms with E-state index in [-0.39, 0.29) is 17.7 Å². The van der Waals surface area contributed by atoms with Crippen LogP contribution in [0.3, 0.4) is 0 Å². The van der Waals surface area contributed by atoms with Gasteiger partial charge in [-0.2, -0.15) is 0 Å². The highest BCUT2D eigenvalue weighted by atomic mass is 19.1. The van der Waals surface area contributed by atoms with Crippen molar-refractivity contribution < 1.29 is 8.78 Å². The first-order chi connectivity index (χ1) is 15.7. The molecule has 1 saturated carbocycles. The molecular formula is C24H28F2N6. The van der Waals surface area contributed by atoms with Gasteiger partial charge in [-0.3, -0.25) is 9.80 Å². The van der Waals surface area contributed by atoms with Crippen LogP contribution in [0.25, 0.3) is 0 Å². The van der Waals surface area contributed by atoms with E-state index >= 15 is 0 Å². The van der Waals surface area contributed by atoms with Crippen molar-refractivity contribution in [3.05, 3.63) is 77.1 Å². The molecule has 5 rings (SSSR count). The molecule has 2 aliphatic rings. The van der Waals surface area contributed by atoms with Crippen LogP contribution in [0.5, 0.6) is 0 Å². The summed E-state index contributed by atoms with van der Waals surface area (Å²) in [6.07, 6.45) is 5.21. The number of hydrogen-bond donors (Lipinski definition) is 0. The summed E-state index contributed by atoms with van der Waals surface area (Å²) in [4.78, 5) is 4.88. The number of piperazine rings is 1. The fourth-order valence-electron chi connectivity index (χ4n) is 5.11. The maximum Gasteiger partial charge on any atom is 0.173 e. The molecule has 1 aromatic heterocycles. The van der Waals surface area contributed by atoms with Crippen LogP contribution in [0, 0.1) is 11.6 Å². The summed E-state index contributed by atoms with van der Waals surface area (Å²) in [6, 6.07) is 13.5. The lowest BCUT2D eigenvalue weighted by Crippen LogP contribution is -2.51. The van der Waals surface area contributed by atoms with Crippen LogP contribution in [-0.4, -0.2) is 62.2 Å². The zero-order chi connectivity index (χ0) is 21.9. The summed E-state index contributed by atoms with van der Waals surface area (Å²) in [6.45, 7) is 4.00. The van der Waals surface area contributed by atoms with Crippen molar-refractivity contribution in [2.45, 2.75) is 44.3 Å². The molecule has 168 valence electrons. The summed E-state index contributed by atoms with van der Waals surface area (Å²) in [5.41, 5.74) is 1.47. The van der Waals surface area contributed by atoms with Crippen molar-refractivity contribution >= 4 is 0 Å². The number of hydrogen-bond acceptors (Lipinski definition) is 5. The third kappa shape index (κ3) is 4.42. The van der Waals surface area contributed by atoms with Gasteiger partial charge in [0.15, 0.2) is 5.82 Å². The number of aromatic nitrogens is 4. The zero-order valence-corrected chi connectivity index (χ0v) is 18.1. The van der Waals surface area contributed by atoms with Crippen molar-refractivity contribution in [1.29, 1.82) is 0 Å². The number of benzene rings is 2. The third-order valence-electron chi connectivity index (χ3n) is 6.80. The van der Waals surface area contributed by atoms with Crippen LogP contribution in [0.4, 0.5) is 8.78 Å². The molecule has 0 amide bonds. The van der Waals surface area contributed by atoms with Gasteiger partial charge in [0.2, 0.25) is 0 Å². The summed E-state index contributed by atoms with van der Waals surface area (Å²) in [5.74, 6) is 0.0656. The molecule has 32 heavy (non-hydrogen) atoms. The van der Waals surface area contributed by atoms with Crippen molar-refractivity contribution in [3.8, 4) is 0 Å². The van der Waals surface area contributed by atoms with E-state index in [1.54, 1.807) is 22.9 Å². The highest BCUT2D eigenvalue weighted by Crippen LogP contribution is 2.32. The molecular weight excluding hydrogens is 410 g/mol. The number of nitrogens with zero attached hydrogens (tertiary/aromatic N) is 6. The molecule has 6 nitrogen and oxygen atoms in total. The number of tetrazole rings is 1. The van der Waals surface area contributed by atoms with E-state index < -0.39 is 0 Å². The molecule has 1 saturated heterocycles. The van der Waals surface area contributed by atoms with Gasteiger partial charge in [-0.25, -0.2) is 13.5 Å². The summed E-state index contributed by atoms with van der Waals surface area (Å²) < 4.78 is 30.0. The zero-order valence-electron chi connectivity index (χ0n) is 18.1. The molecule has 2 heterocycles. The molecule has 0 unspecified atom stereocenters. The van der Waals surface area contributed by atoms with E-state index in [0.717, 1.165) is 31.7 Å². The van der Waals surface area contributed by atoms with Gasteiger partial charge < -0.3 is 0 Å². The first kappa shape index (κ1) is 21.2.